The zero-order valence-electron chi connectivity index (χ0n) is 17.2. The molecule has 0 unspecified atom stereocenters. The van der Waals surface area contributed by atoms with Gasteiger partial charge in [0.2, 0.25) is 0 Å². The number of benzene rings is 2. The highest BCUT2D eigenvalue weighted by molar-refractivity contribution is 5.86. The van der Waals surface area contributed by atoms with E-state index in [0.717, 1.165) is 41.2 Å². The molecule has 0 aromatic heterocycles. The minimum atomic E-state index is -0.365. The molecule has 0 spiro atoms. The lowest BCUT2D eigenvalue weighted by molar-refractivity contribution is -0.123. The van der Waals surface area contributed by atoms with Crippen LogP contribution in [0.15, 0.2) is 35.4 Å². The summed E-state index contributed by atoms with van der Waals surface area (Å²) in [5, 5.41) is 14.1. The lowest BCUT2D eigenvalue weighted by Crippen LogP contribution is -2.25. The Morgan fingerprint density at radius 2 is 1.82 bits per heavy atom. The van der Waals surface area contributed by atoms with Crippen LogP contribution in [0.4, 0.5) is 5.69 Å². The molecule has 2 rings (SSSR count). The monoisotopic (exact) mass is 383 g/mol. The van der Waals surface area contributed by atoms with E-state index in [0.29, 0.717) is 5.56 Å². The molecule has 2 aromatic carbocycles. The van der Waals surface area contributed by atoms with Gasteiger partial charge in [0, 0.05) is 30.4 Å². The molecule has 0 atom stereocenters. The van der Waals surface area contributed by atoms with Crippen molar-refractivity contribution in [2.75, 3.05) is 24.6 Å². The van der Waals surface area contributed by atoms with Crippen molar-refractivity contribution in [2.45, 2.75) is 34.6 Å². The topological polar surface area (TPSA) is 74.2 Å². The summed E-state index contributed by atoms with van der Waals surface area (Å²) in [6.07, 6.45) is 1.42. The van der Waals surface area contributed by atoms with Crippen LogP contribution in [0.2, 0.25) is 0 Å². The van der Waals surface area contributed by atoms with Gasteiger partial charge in [-0.15, -0.1) is 0 Å². The number of phenols is 1. The number of hydrogen-bond donors (Lipinski definition) is 2. The van der Waals surface area contributed by atoms with Crippen LogP contribution >= 0.6 is 0 Å². The molecule has 150 valence electrons. The summed E-state index contributed by atoms with van der Waals surface area (Å²) in [5.41, 5.74) is 7.02. The SMILES string of the molecule is CCN(CC)c1ccc(/C=N/NC(=O)COc2c(C)ccc(C)c2C)c(O)c1. The molecule has 6 heteroatoms. The first kappa shape index (κ1) is 21.3. The van der Waals surface area contributed by atoms with E-state index >= 15 is 0 Å². The molecule has 28 heavy (non-hydrogen) atoms. The van der Waals surface area contributed by atoms with Gasteiger partial charge in [0.25, 0.3) is 5.91 Å². The maximum Gasteiger partial charge on any atom is 0.277 e. The number of carbonyl (C=O) groups is 1. The van der Waals surface area contributed by atoms with E-state index < -0.39 is 0 Å². The van der Waals surface area contributed by atoms with Gasteiger partial charge in [0.1, 0.15) is 11.5 Å². The second kappa shape index (κ2) is 9.78. The maximum atomic E-state index is 12.0. The third-order valence-electron chi connectivity index (χ3n) is 4.76. The Labute approximate surface area is 166 Å². The average Bonchev–Trinajstić information content (AvgIpc) is 2.67. The summed E-state index contributed by atoms with van der Waals surface area (Å²) in [6, 6.07) is 9.39. The van der Waals surface area contributed by atoms with Gasteiger partial charge in [-0.05, 0) is 63.4 Å². The molecule has 0 saturated heterocycles. The Morgan fingerprint density at radius 3 is 2.46 bits per heavy atom. The van der Waals surface area contributed by atoms with E-state index in [2.05, 4.69) is 29.3 Å². The van der Waals surface area contributed by atoms with Crippen molar-refractivity contribution in [2.24, 2.45) is 5.10 Å². The van der Waals surface area contributed by atoms with Crippen LogP contribution in [-0.4, -0.2) is 36.9 Å². The smallest absolute Gasteiger partial charge is 0.277 e. The average molecular weight is 383 g/mol. The number of hydrazone groups is 1. The van der Waals surface area contributed by atoms with Crippen LogP contribution in [0.5, 0.6) is 11.5 Å². The lowest BCUT2D eigenvalue weighted by Gasteiger charge is -2.21. The zero-order valence-corrected chi connectivity index (χ0v) is 17.2. The van der Waals surface area contributed by atoms with E-state index in [1.54, 1.807) is 12.1 Å². The van der Waals surface area contributed by atoms with Crippen LogP contribution in [0.25, 0.3) is 0 Å². The highest BCUT2D eigenvalue weighted by Crippen LogP contribution is 2.25. The van der Waals surface area contributed by atoms with Crippen molar-refractivity contribution in [3.05, 3.63) is 52.6 Å². The van der Waals surface area contributed by atoms with Crippen LogP contribution in [0.1, 0.15) is 36.1 Å². The molecule has 0 heterocycles. The first-order chi connectivity index (χ1) is 13.4. The summed E-state index contributed by atoms with van der Waals surface area (Å²) in [4.78, 5) is 14.1. The highest BCUT2D eigenvalue weighted by Gasteiger charge is 2.09. The van der Waals surface area contributed by atoms with Gasteiger partial charge in [-0.3, -0.25) is 4.79 Å². The number of carbonyl (C=O) groups excluding carboxylic acids is 1. The molecular weight excluding hydrogens is 354 g/mol. The number of phenolic OH excluding ortho intramolecular Hbond substituents is 1. The van der Waals surface area contributed by atoms with Crippen molar-refractivity contribution >= 4 is 17.8 Å². The fraction of sp³-hybridized carbons (Fsp3) is 0.364. The van der Waals surface area contributed by atoms with Crippen molar-refractivity contribution in [1.29, 1.82) is 0 Å². The molecule has 1 amide bonds. The fourth-order valence-corrected chi connectivity index (χ4v) is 2.92. The number of ether oxygens (including phenoxy) is 1. The van der Waals surface area contributed by atoms with E-state index in [1.807, 2.05) is 39.0 Å². The summed E-state index contributed by atoms with van der Waals surface area (Å²) in [6.45, 7) is 11.6. The van der Waals surface area contributed by atoms with Gasteiger partial charge in [0.05, 0.1) is 6.21 Å². The summed E-state index contributed by atoms with van der Waals surface area (Å²) >= 11 is 0. The number of hydrogen-bond acceptors (Lipinski definition) is 5. The lowest BCUT2D eigenvalue weighted by atomic mass is 10.1. The normalized spacial score (nSPS) is 10.9. The Balaban J connectivity index is 1.94. The Morgan fingerprint density at radius 1 is 1.14 bits per heavy atom. The standard InChI is InChI=1S/C22H29N3O3/c1-6-25(7-2)19-11-10-18(20(26)12-19)13-23-24-21(27)14-28-22-16(4)9-8-15(3)17(22)5/h8-13,26H,6-7,14H2,1-5H3,(H,24,27)/b23-13+. The molecule has 0 bridgehead atoms. The molecule has 0 radical (unpaired) electrons. The van der Waals surface area contributed by atoms with Crippen LogP contribution in [0, 0.1) is 20.8 Å². The van der Waals surface area contributed by atoms with Crippen molar-refractivity contribution in [3.8, 4) is 11.5 Å². The fourth-order valence-electron chi connectivity index (χ4n) is 2.92. The molecular formula is C22H29N3O3. The second-order valence-electron chi connectivity index (χ2n) is 6.65. The van der Waals surface area contributed by atoms with Gasteiger partial charge < -0.3 is 14.7 Å². The molecule has 0 fully saturated rings. The van der Waals surface area contributed by atoms with Crippen LogP contribution in [0.3, 0.4) is 0 Å². The number of aromatic hydroxyl groups is 1. The van der Waals surface area contributed by atoms with Gasteiger partial charge in [-0.25, -0.2) is 5.43 Å². The summed E-state index contributed by atoms with van der Waals surface area (Å²) < 4.78 is 5.66. The predicted octanol–water partition coefficient (Wildman–Crippen LogP) is 3.69. The van der Waals surface area contributed by atoms with E-state index in [-0.39, 0.29) is 18.3 Å². The zero-order chi connectivity index (χ0) is 20.7. The van der Waals surface area contributed by atoms with Gasteiger partial charge >= 0.3 is 0 Å². The van der Waals surface area contributed by atoms with Crippen molar-refractivity contribution in [3.63, 3.8) is 0 Å². The van der Waals surface area contributed by atoms with E-state index in [1.165, 1.54) is 6.21 Å². The number of rotatable bonds is 8. The largest absolute Gasteiger partial charge is 0.507 e. The third kappa shape index (κ3) is 5.25. The van der Waals surface area contributed by atoms with Crippen LogP contribution in [-0.2, 0) is 4.79 Å². The number of anilines is 1. The summed E-state index contributed by atoms with van der Waals surface area (Å²) in [7, 11) is 0. The number of nitrogens with zero attached hydrogens (tertiary/aromatic N) is 2. The highest BCUT2D eigenvalue weighted by atomic mass is 16.5. The number of amides is 1. The Kier molecular flexibility index (Phi) is 7.44. The van der Waals surface area contributed by atoms with Gasteiger partial charge in [-0.2, -0.15) is 5.10 Å². The van der Waals surface area contributed by atoms with Gasteiger partial charge in [-0.1, -0.05) is 12.1 Å². The quantitative estimate of drug-likeness (QED) is 0.538. The third-order valence-corrected chi connectivity index (χ3v) is 4.76. The minimum absolute atomic E-state index is 0.115. The summed E-state index contributed by atoms with van der Waals surface area (Å²) in [5.74, 6) is 0.476. The first-order valence-corrected chi connectivity index (χ1v) is 9.46. The number of aryl methyl sites for hydroxylation is 2. The molecule has 2 N–H and O–H groups in total. The molecule has 0 aliphatic heterocycles. The van der Waals surface area contributed by atoms with Crippen molar-refractivity contribution < 1.29 is 14.6 Å². The minimum Gasteiger partial charge on any atom is -0.507 e. The molecule has 6 nitrogen and oxygen atoms in total. The van der Waals surface area contributed by atoms with Gasteiger partial charge in [0.15, 0.2) is 6.61 Å². The predicted molar refractivity (Wildman–Crippen MR) is 114 cm³/mol. The molecule has 0 saturated carbocycles. The number of nitrogens with one attached hydrogen (secondary N) is 1. The Bertz CT molecular complexity index is 858. The van der Waals surface area contributed by atoms with E-state index in [4.69, 9.17) is 4.74 Å². The van der Waals surface area contributed by atoms with E-state index in [9.17, 15) is 9.90 Å². The van der Waals surface area contributed by atoms with Crippen molar-refractivity contribution in [1.82, 2.24) is 5.43 Å². The molecule has 0 aliphatic rings. The van der Waals surface area contributed by atoms with Crippen LogP contribution < -0.4 is 15.1 Å². The molecule has 2 aromatic rings. The molecule has 0 aliphatic carbocycles. The second-order valence-corrected chi connectivity index (χ2v) is 6.65. The first-order valence-electron chi connectivity index (χ1n) is 9.46. The Hall–Kier alpha value is -3.02. The maximum absolute atomic E-state index is 12.0.